The van der Waals surface area contributed by atoms with Gasteiger partial charge in [0, 0.05) is 0 Å². The second kappa shape index (κ2) is 3.98. The summed E-state index contributed by atoms with van der Waals surface area (Å²) in [5, 5.41) is 0. The molecule has 0 heterocycles. The molecule has 0 fully saturated rings. The van der Waals surface area contributed by atoms with Crippen molar-refractivity contribution in [1.29, 1.82) is 0 Å². The van der Waals surface area contributed by atoms with E-state index >= 15 is 0 Å². The molecule has 0 spiro atoms. The van der Waals surface area contributed by atoms with Crippen molar-refractivity contribution in [3.05, 3.63) is 0 Å². The third kappa shape index (κ3) is 3.90. The third-order valence-corrected chi connectivity index (χ3v) is 3.74. The van der Waals surface area contributed by atoms with Gasteiger partial charge < -0.3 is 0 Å². The minimum Gasteiger partial charge on any atom is -0.270 e. The van der Waals surface area contributed by atoms with E-state index in [0.717, 1.165) is 7.11 Å². The first-order valence-electron chi connectivity index (χ1n) is 2.29. The molecule has 0 saturated carbocycles. The largest absolute Gasteiger partial charge is 0.526 e. The first-order chi connectivity index (χ1) is 4.52. The summed E-state index contributed by atoms with van der Waals surface area (Å²) in [6, 6.07) is 0. The summed E-state index contributed by atoms with van der Waals surface area (Å²) in [6.07, 6.45) is 0. The predicted molar refractivity (Wildman–Crippen MR) is 35.4 cm³/mol. The van der Waals surface area contributed by atoms with E-state index in [1.807, 2.05) is 0 Å². The standard InChI is InChI=1S/C3H8O5PS/c1-7-9(4)3-10(5,6)8-2/h3H2,1-2H3/q+1. The second-order valence-electron chi connectivity index (χ2n) is 1.37. The fraction of sp³-hybridized carbons (Fsp3) is 1.00. The predicted octanol–water partition coefficient (Wildman–Crippen LogP) is 0.309. The van der Waals surface area contributed by atoms with E-state index in [4.69, 9.17) is 0 Å². The van der Waals surface area contributed by atoms with Crippen molar-refractivity contribution in [2.24, 2.45) is 0 Å². The second-order valence-corrected chi connectivity index (χ2v) is 4.88. The van der Waals surface area contributed by atoms with Crippen molar-refractivity contribution in [3.63, 3.8) is 0 Å². The molecule has 1 unspecified atom stereocenters. The maximum Gasteiger partial charge on any atom is 0.526 e. The van der Waals surface area contributed by atoms with Gasteiger partial charge >= 0.3 is 23.6 Å². The molecule has 0 saturated heterocycles. The van der Waals surface area contributed by atoms with Gasteiger partial charge in [0.1, 0.15) is 0 Å². The highest BCUT2D eigenvalue weighted by molar-refractivity contribution is 7.92. The van der Waals surface area contributed by atoms with Crippen molar-refractivity contribution < 1.29 is 21.7 Å². The topological polar surface area (TPSA) is 69.7 Å². The van der Waals surface area contributed by atoms with Crippen LogP contribution < -0.4 is 0 Å². The minimum absolute atomic E-state index is 0.588. The van der Waals surface area contributed by atoms with E-state index in [-0.39, 0.29) is 0 Å². The highest BCUT2D eigenvalue weighted by Crippen LogP contribution is 2.22. The van der Waals surface area contributed by atoms with Gasteiger partial charge in [-0.1, -0.05) is 0 Å². The molecule has 0 aliphatic heterocycles. The van der Waals surface area contributed by atoms with Crippen molar-refractivity contribution >= 4 is 18.1 Å². The van der Waals surface area contributed by atoms with E-state index in [1.54, 1.807) is 0 Å². The highest BCUT2D eigenvalue weighted by Gasteiger charge is 2.26. The van der Waals surface area contributed by atoms with Gasteiger partial charge in [0.2, 0.25) is 0 Å². The molecule has 0 aromatic carbocycles. The molecule has 0 aromatic rings. The van der Waals surface area contributed by atoms with E-state index in [9.17, 15) is 13.0 Å². The molecular formula is C3H8O5PS+. The lowest BCUT2D eigenvalue weighted by Gasteiger charge is -1.88. The lowest BCUT2D eigenvalue weighted by molar-refractivity contribution is 0.393. The SMILES string of the molecule is CO[P+](=O)CS(=O)(=O)OC. The van der Waals surface area contributed by atoms with Crippen LogP contribution in [0.1, 0.15) is 0 Å². The van der Waals surface area contributed by atoms with Gasteiger partial charge in [-0.3, -0.25) is 4.18 Å². The summed E-state index contributed by atoms with van der Waals surface area (Å²) < 4.78 is 39.7. The van der Waals surface area contributed by atoms with Crippen molar-refractivity contribution in [1.82, 2.24) is 0 Å². The average Bonchev–Trinajstić information content (AvgIpc) is 1.87. The average molecular weight is 187 g/mol. The van der Waals surface area contributed by atoms with Gasteiger partial charge in [-0.25, -0.2) is 0 Å². The number of hydrogen-bond acceptors (Lipinski definition) is 5. The molecule has 0 amide bonds. The summed E-state index contributed by atoms with van der Waals surface area (Å²) in [5.74, 6) is 0. The molecule has 5 nitrogen and oxygen atoms in total. The smallest absolute Gasteiger partial charge is 0.270 e. The number of rotatable bonds is 4. The Morgan fingerprint density at radius 3 is 2.20 bits per heavy atom. The van der Waals surface area contributed by atoms with Crippen molar-refractivity contribution in [2.75, 3.05) is 19.7 Å². The lowest BCUT2D eigenvalue weighted by Crippen LogP contribution is -2.04. The van der Waals surface area contributed by atoms with Gasteiger partial charge in [-0.2, -0.15) is 8.42 Å². The zero-order chi connectivity index (χ0) is 8.20. The van der Waals surface area contributed by atoms with Gasteiger partial charge in [-0.15, -0.1) is 4.52 Å². The quantitative estimate of drug-likeness (QED) is 0.468. The first-order valence-corrected chi connectivity index (χ1v) is 5.23. The van der Waals surface area contributed by atoms with Crippen LogP contribution in [0.2, 0.25) is 0 Å². The first kappa shape index (κ1) is 9.97. The van der Waals surface area contributed by atoms with Crippen LogP contribution in [0, 0.1) is 0 Å². The zero-order valence-electron chi connectivity index (χ0n) is 5.60. The molecule has 10 heavy (non-hydrogen) atoms. The maximum absolute atomic E-state index is 10.5. The van der Waals surface area contributed by atoms with Crippen LogP contribution in [0.3, 0.4) is 0 Å². The molecular weight excluding hydrogens is 179 g/mol. The zero-order valence-corrected chi connectivity index (χ0v) is 7.31. The summed E-state index contributed by atoms with van der Waals surface area (Å²) in [5.41, 5.74) is -0.588. The highest BCUT2D eigenvalue weighted by atomic mass is 32.2. The Morgan fingerprint density at radius 1 is 1.40 bits per heavy atom. The normalized spacial score (nSPS) is 13.2. The molecule has 0 aliphatic rings. The van der Waals surface area contributed by atoms with Gasteiger partial charge in [-0.05, 0) is 4.57 Å². The Hall–Kier alpha value is -0.0300. The van der Waals surface area contributed by atoms with E-state index in [1.165, 1.54) is 7.11 Å². The Kier molecular flexibility index (Phi) is 3.96. The summed E-state index contributed by atoms with van der Waals surface area (Å²) >= 11 is 0. The molecule has 0 rings (SSSR count). The molecule has 0 aromatic heterocycles. The van der Waals surface area contributed by atoms with Crippen LogP contribution in [-0.2, 0) is 23.4 Å². The van der Waals surface area contributed by atoms with Crippen LogP contribution >= 0.6 is 8.03 Å². The molecule has 0 aliphatic carbocycles. The Balaban J connectivity index is 4.03. The van der Waals surface area contributed by atoms with Crippen LogP contribution in [0.5, 0.6) is 0 Å². The molecule has 1 atom stereocenters. The molecule has 0 radical (unpaired) electrons. The van der Waals surface area contributed by atoms with Crippen LogP contribution in [0.15, 0.2) is 0 Å². The van der Waals surface area contributed by atoms with E-state index < -0.39 is 23.6 Å². The van der Waals surface area contributed by atoms with Crippen LogP contribution in [0.25, 0.3) is 0 Å². The van der Waals surface area contributed by atoms with Crippen molar-refractivity contribution in [3.8, 4) is 0 Å². The Morgan fingerprint density at radius 2 is 1.90 bits per heavy atom. The van der Waals surface area contributed by atoms with Gasteiger partial charge in [0.25, 0.3) is 0 Å². The van der Waals surface area contributed by atoms with Crippen molar-refractivity contribution in [2.45, 2.75) is 0 Å². The summed E-state index contributed by atoms with van der Waals surface area (Å²) in [6.45, 7) is 0. The lowest BCUT2D eigenvalue weighted by atomic mass is 11.8. The summed E-state index contributed by atoms with van der Waals surface area (Å²) in [4.78, 5) is 0. The van der Waals surface area contributed by atoms with Crippen LogP contribution in [0.4, 0.5) is 0 Å². The van der Waals surface area contributed by atoms with E-state index in [2.05, 4.69) is 8.71 Å². The van der Waals surface area contributed by atoms with Crippen LogP contribution in [-0.4, -0.2) is 28.1 Å². The Labute approximate surface area is 60.3 Å². The third-order valence-electron chi connectivity index (χ3n) is 0.721. The maximum atomic E-state index is 10.5. The summed E-state index contributed by atoms with van der Waals surface area (Å²) in [7, 11) is -3.60. The minimum atomic E-state index is -3.64. The van der Waals surface area contributed by atoms with Gasteiger partial charge in [0.05, 0.1) is 14.2 Å². The monoisotopic (exact) mass is 187 g/mol. The molecule has 0 bridgehead atoms. The van der Waals surface area contributed by atoms with Gasteiger partial charge in [0.15, 0.2) is 0 Å². The molecule has 0 N–H and O–H groups in total. The molecule has 60 valence electrons. The fourth-order valence-corrected chi connectivity index (χ4v) is 2.11. The Bertz CT molecular complexity index is 207. The van der Waals surface area contributed by atoms with E-state index in [0.29, 0.717) is 0 Å². The number of hydrogen-bond donors (Lipinski definition) is 0. The molecule has 7 heteroatoms. The fourth-order valence-electron chi connectivity index (χ4n) is 0.235.